The summed E-state index contributed by atoms with van der Waals surface area (Å²) in [6.45, 7) is 2.91. The van der Waals surface area contributed by atoms with Crippen LogP contribution < -0.4 is 21.9 Å². The molecule has 5 N–H and O–H groups in total. The summed E-state index contributed by atoms with van der Waals surface area (Å²) in [5, 5.41) is 17.8. The zero-order valence-corrected chi connectivity index (χ0v) is 25.7. The van der Waals surface area contributed by atoms with E-state index in [0.29, 0.717) is 53.2 Å². The molecule has 12 nitrogen and oxygen atoms in total. The number of hydrogen-bond donors (Lipinski definition) is 4. The molecule has 0 radical (unpaired) electrons. The quantitative estimate of drug-likeness (QED) is 0.158. The fraction of sp³-hybridized carbons (Fsp3) is 0.485. The molecule has 0 saturated heterocycles. The van der Waals surface area contributed by atoms with Crippen LogP contribution in [0.4, 0.5) is 4.39 Å². The van der Waals surface area contributed by atoms with Crippen molar-refractivity contribution in [3.63, 3.8) is 0 Å². The third-order valence-electron chi connectivity index (χ3n) is 9.97. The van der Waals surface area contributed by atoms with Crippen LogP contribution in [0.2, 0.25) is 0 Å². The number of carbonyl (C=O) groups excluding carboxylic acids is 3. The van der Waals surface area contributed by atoms with Gasteiger partial charge in [0.25, 0.3) is 5.56 Å². The molecule has 1 fully saturated rings. The van der Waals surface area contributed by atoms with Crippen molar-refractivity contribution in [1.29, 1.82) is 0 Å². The minimum atomic E-state index is -1.98. The molecular formula is C33H36FN5O7. The van der Waals surface area contributed by atoms with Gasteiger partial charge in [-0.25, -0.2) is 14.2 Å². The fourth-order valence-corrected chi connectivity index (χ4v) is 7.17. The highest BCUT2D eigenvalue weighted by atomic mass is 19.1. The lowest BCUT2D eigenvalue weighted by Crippen LogP contribution is -2.44. The Morgan fingerprint density at radius 2 is 2.02 bits per heavy atom. The van der Waals surface area contributed by atoms with E-state index in [0.717, 1.165) is 29.4 Å². The average molecular weight is 634 g/mol. The maximum atomic E-state index is 15.2. The molecular weight excluding hydrogens is 597 g/mol. The van der Waals surface area contributed by atoms with Crippen LogP contribution in [-0.2, 0) is 49.0 Å². The molecule has 2 aromatic heterocycles. The predicted octanol–water partition coefficient (Wildman–Crippen LogP) is 1.85. The van der Waals surface area contributed by atoms with Gasteiger partial charge < -0.3 is 35.5 Å². The van der Waals surface area contributed by atoms with Crippen molar-refractivity contribution in [3.8, 4) is 11.4 Å². The molecule has 13 heteroatoms. The van der Waals surface area contributed by atoms with E-state index in [1.807, 2.05) is 0 Å². The van der Waals surface area contributed by atoms with Crippen LogP contribution in [0.25, 0.3) is 22.3 Å². The number of nitrogens with one attached hydrogen (secondary N) is 2. The molecule has 0 spiro atoms. The molecule has 0 bridgehead atoms. The number of pyridine rings is 2. The van der Waals surface area contributed by atoms with E-state index in [1.54, 1.807) is 19.9 Å². The van der Waals surface area contributed by atoms with Gasteiger partial charge in [0, 0.05) is 22.6 Å². The normalized spacial score (nSPS) is 21.7. The van der Waals surface area contributed by atoms with Gasteiger partial charge in [-0.1, -0.05) is 19.8 Å². The Morgan fingerprint density at radius 3 is 2.74 bits per heavy atom. The van der Waals surface area contributed by atoms with Crippen LogP contribution in [0.15, 0.2) is 16.9 Å². The van der Waals surface area contributed by atoms with Gasteiger partial charge in [-0.3, -0.25) is 14.4 Å². The Labute approximate surface area is 263 Å². The summed E-state index contributed by atoms with van der Waals surface area (Å²) >= 11 is 0. The maximum absolute atomic E-state index is 15.2. The summed E-state index contributed by atoms with van der Waals surface area (Å²) in [5.41, 5.74) is 7.41. The summed E-state index contributed by atoms with van der Waals surface area (Å²) < 4.78 is 27.8. The number of fused-ring (bicyclic) bond motifs is 5. The molecule has 3 atom stereocenters. The topological polar surface area (TPSA) is 175 Å². The number of amides is 2. The van der Waals surface area contributed by atoms with Crippen molar-refractivity contribution >= 4 is 28.7 Å². The van der Waals surface area contributed by atoms with Crippen LogP contribution in [0.3, 0.4) is 0 Å². The number of nitrogens with two attached hydrogens (primary N) is 1. The lowest BCUT2D eigenvalue weighted by Gasteiger charge is -2.31. The molecule has 3 aromatic rings. The number of ether oxygens (including phenoxy) is 2. The number of carbonyl (C=O) groups is 3. The molecule has 46 heavy (non-hydrogen) atoms. The molecule has 4 aliphatic rings. The van der Waals surface area contributed by atoms with Crippen molar-refractivity contribution < 1.29 is 33.4 Å². The van der Waals surface area contributed by atoms with E-state index in [1.165, 1.54) is 10.6 Å². The molecule has 2 amide bonds. The minimum absolute atomic E-state index is 0.00688. The molecule has 7 rings (SSSR count). The second-order valence-electron chi connectivity index (χ2n) is 12.7. The van der Waals surface area contributed by atoms with Gasteiger partial charge in [0.15, 0.2) is 5.60 Å². The monoisotopic (exact) mass is 633 g/mol. The van der Waals surface area contributed by atoms with Crippen molar-refractivity contribution in [2.45, 2.75) is 83.3 Å². The number of aromatic nitrogens is 2. The SMILES string of the molecule is CC[C@@]1(O)C(=O)OCc2c1cc1n(c2=O)Cc2c-1nc1cc(F)c(C)c3c1c2[C@@H](NC(=O)C(CC1CC1)OCNC(=O)CN)CC3. The first-order valence-corrected chi connectivity index (χ1v) is 15.8. The van der Waals surface area contributed by atoms with E-state index in [9.17, 15) is 24.3 Å². The van der Waals surface area contributed by atoms with Gasteiger partial charge in [-0.15, -0.1) is 0 Å². The third-order valence-corrected chi connectivity index (χ3v) is 9.97. The number of benzene rings is 1. The summed E-state index contributed by atoms with van der Waals surface area (Å²) in [4.78, 5) is 56.8. The molecule has 4 heterocycles. The number of aliphatic hydroxyl groups is 1. The first-order chi connectivity index (χ1) is 22.0. The number of esters is 1. The highest BCUT2D eigenvalue weighted by Gasteiger charge is 2.46. The van der Waals surface area contributed by atoms with Crippen LogP contribution >= 0.6 is 0 Å². The Morgan fingerprint density at radius 1 is 1.24 bits per heavy atom. The number of rotatable bonds is 9. The first-order valence-electron chi connectivity index (χ1n) is 15.8. The molecule has 1 unspecified atom stereocenters. The highest BCUT2D eigenvalue weighted by Crippen LogP contribution is 2.46. The number of nitrogens with zero attached hydrogens (tertiary/aromatic N) is 2. The number of hydrogen-bond acceptors (Lipinski definition) is 9. The lowest BCUT2D eigenvalue weighted by atomic mass is 9.81. The zero-order chi connectivity index (χ0) is 32.5. The van der Waals surface area contributed by atoms with Crippen LogP contribution in [0.1, 0.15) is 78.5 Å². The fourth-order valence-electron chi connectivity index (χ4n) is 7.17. The molecule has 2 aliphatic carbocycles. The Kier molecular flexibility index (Phi) is 7.45. The smallest absolute Gasteiger partial charge is 0.343 e. The second kappa shape index (κ2) is 11.2. The van der Waals surface area contributed by atoms with E-state index in [4.69, 9.17) is 20.2 Å². The predicted molar refractivity (Wildman–Crippen MR) is 163 cm³/mol. The maximum Gasteiger partial charge on any atom is 0.343 e. The van der Waals surface area contributed by atoms with Gasteiger partial charge in [-0.05, 0) is 61.3 Å². The number of cyclic esters (lactones) is 1. The van der Waals surface area contributed by atoms with Crippen LogP contribution in [0.5, 0.6) is 0 Å². The Balaban J connectivity index is 1.32. The van der Waals surface area contributed by atoms with Crippen LogP contribution in [0, 0.1) is 18.7 Å². The van der Waals surface area contributed by atoms with Crippen LogP contribution in [-0.4, -0.2) is 51.8 Å². The Bertz CT molecular complexity index is 1890. The van der Waals surface area contributed by atoms with Crippen molar-refractivity contribution in [2.75, 3.05) is 13.3 Å². The van der Waals surface area contributed by atoms with Gasteiger partial charge in [0.1, 0.15) is 25.3 Å². The molecule has 1 aromatic carbocycles. The number of aryl methyl sites for hydroxylation is 1. The summed E-state index contributed by atoms with van der Waals surface area (Å²) in [6.07, 6.45) is 2.70. The molecule has 1 saturated carbocycles. The average Bonchev–Trinajstić information content (AvgIpc) is 3.80. The largest absolute Gasteiger partial charge is 0.458 e. The molecule has 242 valence electrons. The summed E-state index contributed by atoms with van der Waals surface area (Å²) in [6, 6.07) is 2.50. The summed E-state index contributed by atoms with van der Waals surface area (Å²) in [5.74, 6) is -1.57. The standard InChI is InChI=1S/C33H36FN5O7/c1-3-33(44)20-9-24-29-18(12-39(24)31(42)19(20)13-45-32(33)43)28-22(7-6-17-15(2)21(34)10-23(37-29)27(17)28)38-30(41)25(8-16-4-5-16)46-14-36-26(40)11-35/h9-10,16,22,25,44H,3-8,11-14,35H2,1-2H3,(H,36,40)(H,38,41)/t22-,25?,33-/m0/s1. The van der Waals surface area contributed by atoms with Crippen molar-refractivity contribution in [1.82, 2.24) is 20.2 Å². The Hall–Kier alpha value is -4.20. The van der Waals surface area contributed by atoms with Gasteiger partial charge in [-0.2, -0.15) is 0 Å². The minimum Gasteiger partial charge on any atom is -0.458 e. The van der Waals surface area contributed by atoms with Crippen molar-refractivity contribution in [3.05, 3.63) is 61.7 Å². The highest BCUT2D eigenvalue weighted by molar-refractivity contribution is 5.94. The van der Waals surface area contributed by atoms with Gasteiger partial charge in [0.05, 0.1) is 41.6 Å². The van der Waals surface area contributed by atoms with Gasteiger partial charge >= 0.3 is 5.97 Å². The van der Waals surface area contributed by atoms with E-state index < -0.39 is 41.0 Å². The van der Waals surface area contributed by atoms with Crippen molar-refractivity contribution in [2.24, 2.45) is 11.7 Å². The lowest BCUT2D eigenvalue weighted by molar-refractivity contribution is -0.172. The number of halogens is 1. The first kappa shape index (κ1) is 30.5. The van der Waals surface area contributed by atoms with Gasteiger partial charge in [0.2, 0.25) is 11.8 Å². The van der Waals surface area contributed by atoms with E-state index in [-0.39, 0.29) is 49.9 Å². The third kappa shape index (κ3) is 4.79. The van der Waals surface area contributed by atoms with E-state index in [2.05, 4.69) is 10.6 Å². The summed E-state index contributed by atoms with van der Waals surface area (Å²) in [7, 11) is 0. The van der Waals surface area contributed by atoms with E-state index >= 15 is 4.39 Å². The zero-order valence-electron chi connectivity index (χ0n) is 25.7. The molecule has 2 aliphatic heterocycles. The second-order valence-corrected chi connectivity index (χ2v) is 12.7.